The number of hydrogen-bond donors (Lipinski definition) is 2. The first-order valence-electron chi connectivity index (χ1n) is 6.88. The molecule has 1 aliphatic rings. The molecule has 6 heteroatoms. The molecule has 1 aromatic rings. The van der Waals surface area contributed by atoms with Crippen LogP contribution in [0.25, 0.3) is 6.08 Å². The SMILES string of the molecule is Cc1cc(C(=O)NCC2CCOC2C)sc1/C=C/C(=O)O. The summed E-state index contributed by atoms with van der Waals surface area (Å²) in [6, 6.07) is 1.79. The second-order valence-electron chi connectivity index (χ2n) is 5.16. The van der Waals surface area contributed by atoms with E-state index in [1.54, 1.807) is 6.07 Å². The van der Waals surface area contributed by atoms with Crippen LogP contribution in [0.4, 0.5) is 0 Å². The van der Waals surface area contributed by atoms with Gasteiger partial charge < -0.3 is 15.2 Å². The molecule has 1 aliphatic heterocycles. The zero-order chi connectivity index (χ0) is 15.4. The molecule has 1 aromatic heterocycles. The summed E-state index contributed by atoms with van der Waals surface area (Å²) in [7, 11) is 0. The van der Waals surface area contributed by atoms with Crippen LogP contribution in [0.2, 0.25) is 0 Å². The Kier molecular flexibility index (Phi) is 5.14. The summed E-state index contributed by atoms with van der Waals surface area (Å²) in [6.07, 6.45) is 3.76. The molecule has 114 valence electrons. The normalized spacial score (nSPS) is 21.8. The highest BCUT2D eigenvalue weighted by atomic mass is 32.1. The van der Waals surface area contributed by atoms with Crippen molar-refractivity contribution < 1.29 is 19.4 Å². The molecule has 2 rings (SSSR count). The highest BCUT2D eigenvalue weighted by Gasteiger charge is 2.24. The Labute approximate surface area is 127 Å². The second kappa shape index (κ2) is 6.87. The molecule has 1 amide bonds. The molecule has 0 aromatic carbocycles. The lowest BCUT2D eigenvalue weighted by Gasteiger charge is -2.14. The fourth-order valence-electron chi connectivity index (χ4n) is 2.28. The van der Waals surface area contributed by atoms with Crippen molar-refractivity contribution in [2.45, 2.75) is 26.4 Å². The van der Waals surface area contributed by atoms with E-state index in [4.69, 9.17) is 9.84 Å². The van der Waals surface area contributed by atoms with Crippen LogP contribution < -0.4 is 5.32 Å². The van der Waals surface area contributed by atoms with Crippen LogP contribution in [-0.4, -0.2) is 36.2 Å². The fraction of sp³-hybridized carbons (Fsp3) is 0.467. The van der Waals surface area contributed by atoms with E-state index >= 15 is 0 Å². The summed E-state index contributed by atoms with van der Waals surface area (Å²) < 4.78 is 5.47. The molecule has 0 radical (unpaired) electrons. The first-order chi connectivity index (χ1) is 9.97. The minimum absolute atomic E-state index is 0.114. The van der Waals surface area contributed by atoms with Crippen molar-refractivity contribution >= 4 is 29.3 Å². The van der Waals surface area contributed by atoms with Crippen molar-refractivity contribution in [3.05, 3.63) is 27.5 Å². The molecule has 2 unspecified atom stereocenters. The van der Waals surface area contributed by atoms with E-state index in [2.05, 4.69) is 5.32 Å². The summed E-state index contributed by atoms with van der Waals surface area (Å²) in [5, 5.41) is 11.6. The van der Waals surface area contributed by atoms with Crippen LogP contribution >= 0.6 is 11.3 Å². The number of carboxylic acid groups (broad SMARTS) is 1. The Morgan fingerprint density at radius 1 is 1.57 bits per heavy atom. The first-order valence-corrected chi connectivity index (χ1v) is 7.70. The lowest BCUT2D eigenvalue weighted by atomic mass is 10.0. The number of ether oxygens (including phenoxy) is 1. The molecule has 0 spiro atoms. The standard InChI is InChI=1S/C15H19NO4S/c1-9-7-13(21-12(9)3-4-14(17)18)15(19)16-8-11-5-6-20-10(11)2/h3-4,7,10-11H,5-6,8H2,1-2H3,(H,16,19)(H,17,18)/b4-3+. The van der Waals surface area contributed by atoms with Gasteiger partial charge in [-0.1, -0.05) is 0 Å². The van der Waals surface area contributed by atoms with E-state index in [0.29, 0.717) is 17.3 Å². The maximum Gasteiger partial charge on any atom is 0.328 e. The van der Waals surface area contributed by atoms with E-state index < -0.39 is 5.97 Å². The minimum atomic E-state index is -0.996. The van der Waals surface area contributed by atoms with E-state index in [0.717, 1.165) is 29.5 Å². The monoisotopic (exact) mass is 309 g/mol. The highest BCUT2D eigenvalue weighted by molar-refractivity contribution is 7.15. The molecule has 2 heterocycles. The van der Waals surface area contributed by atoms with Crippen LogP contribution in [0.15, 0.2) is 12.1 Å². The summed E-state index contributed by atoms with van der Waals surface area (Å²) in [5.41, 5.74) is 0.903. The zero-order valence-corrected chi connectivity index (χ0v) is 12.9. The fourth-order valence-corrected chi connectivity index (χ4v) is 3.27. The Balaban J connectivity index is 1.96. The molecule has 5 nitrogen and oxygen atoms in total. The Bertz CT molecular complexity index is 564. The maximum atomic E-state index is 12.1. The number of nitrogens with one attached hydrogen (secondary N) is 1. The average Bonchev–Trinajstić information content (AvgIpc) is 3.00. The van der Waals surface area contributed by atoms with Gasteiger partial charge in [0, 0.05) is 30.0 Å². The number of aryl methyl sites for hydroxylation is 1. The van der Waals surface area contributed by atoms with Crippen molar-refractivity contribution in [2.75, 3.05) is 13.2 Å². The van der Waals surface area contributed by atoms with Gasteiger partial charge in [-0.05, 0) is 38.0 Å². The number of thiophene rings is 1. The zero-order valence-electron chi connectivity index (χ0n) is 12.1. The van der Waals surface area contributed by atoms with Crippen molar-refractivity contribution in [3.63, 3.8) is 0 Å². The number of hydrogen-bond acceptors (Lipinski definition) is 4. The van der Waals surface area contributed by atoms with Gasteiger partial charge in [0.2, 0.25) is 0 Å². The largest absolute Gasteiger partial charge is 0.478 e. The molecule has 1 saturated heterocycles. The lowest BCUT2D eigenvalue weighted by molar-refractivity contribution is -0.131. The summed E-state index contributed by atoms with van der Waals surface area (Å²) in [4.78, 5) is 24.1. The first kappa shape index (κ1) is 15.7. The minimum Gasteiger partial charge on any atom is -0.478 e. The maximum absolute atomic E-state index is 12.1. The Morgan fingerprint density at radius 2 is 2.33 bits per heavy atom. The highest BCUT2D eigenvalue weighted by Crippen LogP contribution is 2.24. The molecular weight excluding hydrogens is 290 g/mol. The number of amides is 1. The van der Waals surface area contributed by atoms with Crippen LogP contribution in [-0.2, 0) is 9.53 Å². The molecule has 1 fully saturated rings. The third-order valence-corrected chi connectivity index (χ3v) is 4.82. The predicted molar refractivity (Wildman–Crippen MR) is 81.6 cm³/mol. The van der Waals surface area contributed by atoms with Crippen molar-refractivity contribution in [2.24, 2.45) is 5.92 Å². The van der Waals surface area contributed by atoms with Crippen molar-refractivity contribution in [1.82, 2.24) is 5.32 Å². The molecule has 0 aliphatic carbocycles. The third kappa shape index (κ3) is 4.15. The summed E-state index contributed by atoms with van der Waals surface area (Å²) in [5.74, 6) is -0.748. The second-order valence-corrected chi connectivity index (χ2v) is 6.25. The van der Waals surface area contributed by atoms with E-state index in [1.165, 1.54) is 17.4 Å². The molecule has 0 bridgehead atoms. The number of carboxylic acids is 1. The smallest absolute Gasteiger partial charge is 0.328 e. The average molecular weight is 309 g/mol. The third-order valence-electron chi connectivity index (χ3n) is 3.62. The van der Waals surface area contributed by atoms with Gasteiger partial charge in [-0.25, -0.2) is 4.79 Å². The van der Waals surface area contributed by atoms with Gasteiger partial charge >= 0.3 is 5.97 Å². The quantitative estimate of drug-likeness (QED) is 0.818. The van der Waals surface area contributed by atoms with Crippen LogP contribution in [0.5, 0.6) is 0 Å². The molecule has 21 heavy (non-hydrogen) atoms. The molecule has 2 atom stereocenters. The van der Waals surface area contributed by atoms with Gasteiger partial charge in [-0.3, -0.25) is 4.79 Å². The Morgan fingerprint density at radius 3 is 2.95 bits per heavy atom. The topological polar surface area (TPSA) is 75.6 Å². The van der Waals surface area contributed by atoms with Gasteiger partial charge in [0.15, 0.2) is 0 Å². The van der Waals surface area contributed by atoms with E-state index in [9.17, 15) is 9.59 Å². The Hall–Kier alpha value is -1.66. The molecule has 0 saturated carbocycles. The number of carbonyl (C=O) groups is 2. The number of carbonyl (C=O) groups excluding carboxylic acids is 1. The van der Waals surface area contributed by atoms with Gasteiger partial charge in [0.05, 0.1) is 11.0 Å². The van der Waals surface area contributed by atoms with E-state index in [-0.39, 0.29) is 12.0 Å². The number of rotatable bonds is 5. The van der Waals surface area contributed by atoms with Crippen molar-refractivity contribution in [3.8, 4) is 0 Å². The van der Waals surface area contributed by atoms with Gasteiger partial charge in [0.25, 0.3) is 5.91 Å². The van der Waals surface area contributed by atoms with Gasteiger partial charge in [-0.15, -0.1) is 11.3 Å². The lowest BCUT2D eigenvalue weighted by Crippen LogP contribution is -2.31. The van der Waals surface area contributed by atoms with Crippen LogP contribution in [0.3, 0.4) is 0 Å². The van der Waals surface area contributed by atoms with Crippen molar-refractivity contribution in [1.29, 1.82) is 0 Å². The van der Waals surface area contributed by atoms with Gasteiger partial charge in [-0.2, -0.15) is 0 Å². The predicted octanol–water partition coefficient (Wildman–Crippen LogP) is 2.31. The number of aliphatic carboxylic acids is 1. The molecular formula is C15H19NO4S. The summed E-state index contributed by atoms with van der Waals surface area (Å²) >= 11 is 1.30. The van der Waals surface area contributed by atoms with Crippen LogP contribution in [0, 0.1) is 12.8 Å². The van der Waals surface area contributed by atoms with Gasteiger partial charge in [0.1, 0.15) is 0 Å². The summed E-state index contributed by atoms with van der Waals surface area (Å²) in [6.45, 7) is 5.25. The van der Waals surface area contributed by atoms with E-state index in [1.807, 2.05) is 13.8 Å². The molecule has 2 N–H and O–H groups in total. The van der Waals surface area contributed by atoms with Crippen LogP contribution in [0.1, 0.15) is 33.5 Å².